The molecule has 0 amide bonds. The number of halogens is 1. The molecule has 0 bridgehead atoms. The van der Waals surface area contributed by atoms with Crippen molar-refractivity contribution in [1.29, 1.82) is 0 Å². The lowest BCUT2D eigenvalue weighted by molar-refractivity contribution is -0.385. The molecule has 2 aromatic rings. The molecule has 2 aliphatic rings. The number of nitro benzene ring substituents is 1. The number of nitrogens with zero attached hydrogens (tertiary/aromatic N) is 4. The van der Waals surface area contributed by atoms with Gasteiger partial charge in [0.25, 0.3) is 0 Å². The van der Waals surface area contributed by atoms with Crippen LogP contribution in [0.25, 0.3) is 0 Å². The number of thioether (sulfide) groups is 1. The fraction of sp³-hybridized carbons (Fsp3) is 0.0588. The first kappa shape index (κ1) is 17.5. The van der Waals surface area contributed by atoms with Crippen molar-refractivity contribution in [3.63, 3.8) is 0 Å². The molecule has 0 fully saturated rings. The van der Waals surface area contributed by atoms with Crippen molar-refractivity contribution in [3.8, 4) is 11.5 Å². The molecule has 2 aliphatic heterocycles. The molecule has 2 aromatic carbocycles. The molecule has 0 spiro atoms. The van der Waals surface area contributed by atoms with Crippen LogP contribution in [0.5, 0.6) is 11.5 Å². The Morgan fingerprint density at radius 1 is 1.30 bits per heavy atom. The van der Waals surface area contributed by atoms with Crippen LogP contribution in [0.15, 0.2) is 64.3 Å². The molecular weight excluding hydrogens is 392 g/mol. The van der Waals surface area contributed by atoms with Gasteiger partial charge in [-0.2, -0.15) is 0 Å². The molecule has 0 saturated carbocycles. The molecule has 1 atom stereocenters. The second-order valence-electron chi connectivity index (χ2n) is 5.58. The van der Waals surface area contributed by atoms with E-state index in [2.05, 4.69) is 9.98 Å². The van der Waals surface area contributed by atoms with Gasteiger partial charge in [-0.15, -0.1) is 0 Å². The van der Waals surface area contributed by atoms with Crippen molar-refractivity contribution in [1.82, 2.24) is 5.06 Å². The van der Waals surface area contributed by atoms with Gasteiger partial charge < -0.3 is 4.74 Å². The normalized spacial score (nSPS) is 18.0. The smallest absolute Gasteiger partial charge is 0.312 e. The minimum Gasteiger partial charge on any atom is -0.450 e. The zero-order valence-electron chi connectivity index (χ0n) is 13.5. The van der Waals surface area contributed by atoms with E-state index in [0.717, 1.165) is 5.06 Å². The van der Waals surface area contributed by atoms with E-state index in [9.17, 15) is 15.3 Å². The molecule has 0 radical (unpaired) electrons. The highest BCUT2D eigenvalue weighted by Gasteiger charge is 2.32. The molecule has 8 nitrogen and oxygen atoms in total. The number of hydrogen-bond acceptors (Lipinski definition) is 8. The van der Waals surface area contributed by atoms with Crippen molar-refractivity contribution in [3.05, 3.63) is 75.1 Å². The average Bonchev–Trinajstić information content (AvgIpc) is 3.07. The summed E-state index contributed by atoms with van der Waals surface area (Å²) < 4.78 is 5.63. The van der Waals surface area contributed by atoms with Crippen LogP contribution in [0, 0.1) is 10.1 Å². The molecule has 0 aromatic heterocycles. The molecule has 1 N–H and O–H groups in total. The summed E-state index contributed by atoms with van der Waals surface area (Å²) in [6, 6.07) is 11.2. The van der Waals surface area contributed by atoms with Gasteiger partial charge in [0.2, 0.25) is 5.75 Å². The van der Waals surface area contributed by atoms with Gasteiger partial charge in [-0.3, -0.25) is 15.3 Å². The second kappa shape index (κ2) is 7.03. The lowest BCUT2D eigenvalue weighted by Gasteiger charge is -2.20. The van der Waals surface area contributed by atoms with E-state index in [-0.39, 0.29) is 11.4 Å². The van der Waals surface area contributed by atoms with Crippen LogP contribution in [0.4, 0.5) is 5.69 Å². The number of fused-ring (bicyclic) bond motifs is 1. The van der Waals surface area contributed by atoms with E-state index in [0.29, 0.717) is 27.1 Å². The van der Waals surface area contributed by atoms with Crippen molar-refractivity contribution in [2.45, 2.75) is 5.37 Å². The minimum atomic E-state index is -0.517. The summed E-state index contributed by atoms with van der Waals surface area (Å²) in [7, 11) is 0. The first-order chi connectivity index (χ1) is 13.0. The van der Waals surface area contributed by atoms with Crippen molar-refractivity contribution >= 4 is 40.4 Å². The largest absolute Gasteiger partial charge is 0.450 e. The summed E-state index contributed by atoms with van der Waals surface area (Å²) in [6.45, 7) is 0. The molecule has 2 heterocycles. The average molecular weight is 403 g/mol. The van der Waals surface area contributed by atoms with E-state index in [1.807, 2.05) is 0 Å². The van der Waals surface area contributed by atoms with Crippen LogP contribution in [0.2, 0.25) is 5.02 Å². The van der Waals surface area contributed by atoms with E-state index in [4.69, 9.17) is 16.3 Å². The number of ether oxygens (including phenoxy) is 1. The van der Waals surface area contributed by atoms with E-state index >= 15 is 0 Å². The number of aliphatic imine (C=N–C) groups is 2. The third-order valence-corrected chi connectivity index (χ3v) is 5.23. The van der Waals surface area contributed by atoms with Crippen molar-refractivity contribution < 1.29 is 14.9 Å². The van der Waals surface area contributed by atoms with Crippen LogP contribution in [0.3, 0.4) is 0 Å². The Labute approximate surface area is 162 Å². The Kier molecular flexibility index (Phi) is 4.56. The number of hydrogen-bond donors (Lipinski definition) is 1. The highest BCUT2D eigenvalue weighted by atomic mass is 35.5. The molecule has 27 heavy (non-hydrogen) atoms. The molecular formula is C17H11ClN4O4S. The maximum atomic E-state index is 11.5. The first-order valence-corrected chi connectivity index (χ1v) is 8.95. The van der Waals surface area contributed by atoms with Crippen LogP contribution in [0.1, 0.15) is 5.56 Å². The lowest BCUT2D eigenvalue weighted by atomic mass is 10.2. The zero-order valence-corrected chi connectivity index (χ0v) is 15.1. The number of nitro groups is 1. The Bertz CT molecular complexity index is 1020. The van der Waals surface area contributed by atoms with Gasteiger partial charge in [0, 0.05) is 16.7 Å². The predicted octanol–water partition coefficient (Wildman–Crippen LogP) is 4.43. The summed E-state index contributed by atoms with van der Waals surface area (Å²) in [4.78, 5) is 19.3. The predicted molar refractivity (Wildman–Crippen MR) is 103 cm³/mol. The summed E-state index contributed by atoms with van der Waals surface area (Å²) >= 11 is 7.20. The lowest BCUT2D eigenvalue weighted by Crippen LogP contribution is -2.29. The number of hydroxylamine groups is 2. The van der Waals surface area contributed by atoms with Crippen LogP contribution < -0.4 is 4.74 Å². The van der Waals surface area contributed by atoms with Crippen LogP contribution in [-0.2, 0) is 0 Å². The van der Waals surface area contributed by atoms with Gasteiger partial charge in [-0.25, -0.2) is 15.0 Å². The SMILES string of the molecule is O=[N+]([O-])c1cc(C2=NC3=CN=CN(O)C3S2)ccc1Oc1cccc(Cl)c1. The zero-order chi connectivity index (χ0) is 19.0. The van der Waals surface area contributed by atoms with E-state index < -0.39 is 10.3 Å². The fourth-order valence-corrected chi connectivity index (χ4v) is 3.76. The third-order valence-electron chi connectivity index (χ3n) is 3.77. The van der Waals surface area contributed by atoms with Gasteiger partial charge in [0.1, 0.15) is 17.1 Å². The summed E-state index contributed by atoms with van der Waals surface area (Å²) in [6.07, 6.45) is 2.83. The Balaban J connectivity index is 1.66. The van der Waals surface area contributed by atoms with Crippen molar-refractivity contribution in [2.24, 2.45) is 9.98 Å². The standard InChI is InChI=1S/C17H11ClN4O4S/c18-11-2-1-3-12(7-11)26-15-5-4-10(6-14(15)22(24)25)16-20-13-8-19-9-21(23)17(13)27-16/h1-9,17,23H. The Hall–Kier alpha value is -2.88. The van der Waals surface area contributed by atoms with E-state index in [1.165, 1.54) is 30.2 Å². The topological polar surface area (TPSA) is 101 Å². The minimum absolute atomic E-state index is 0.0957. The molecule has 1 unspecified atom stereocenters. The number of benzene rings is 2. The maximum Gasteiger partial charge on any atom is 0.312 e. The second-order valence-corrected chi connectivity index (χ2v) is 7.09. The molecule has 4 rings (SSSR count). The molecule has 0 saturated heterocycles. The fourth-order valence-electron chi connectivity index (χ4n) is 2.56. The first-order valence-electron chi connectivity index (χ1n) is 7.69. The molecule has 136 valence electrons. The van der Waals surface area contributed by atoms with E-state index in [1.54, 1.807) is 36.5 Å². The number of rotatable bonds is 4. The third kappa shape index (κ3) is 3.52. The van der Waals surface area contributed by atoms with Gasteiger partial charge in [0.05, 0.1) is 16.8 Å². The molecule has 10 heteroatoms. The van der Waals surface area contributed by atoms with Crippen LogP contribution in [-0.4, -0.2) is 31.9 Å². The van der Waals surface area contributed by atoms with Gasteiger partial charge in [-0.1, -0.05) is 29.4 Å². The molecule has 0 aliphatic carbocycles. The van der Waals surface area contributed by atoms with Crippen LogP contribution >= 0.6 is 23.4 Å². The summed E-state index contributed by atoms with van der Waals surface area (Å²) in [5, 5.41) is 22.9. The maximum absolute atomic E-state index is 11.5. The van der Waals surface area contributed by atoms with Gasteiger partial charge >= 0.3 is 5.69 Å². The Morgan fingerprint density at radius 2 is 2.15 bits per heavy atom. The highest BCUT2D eigenvalue weighted by Crippen LogP contribution is 2.39. The quantitative estimate of drug-likeness (QED) is 0.599. The van der Waals surface area contributed by atoms with Gasteiger partial charge in [-0.05, 0) is 30.3 Å². The van der Waals surface area contributed by atoms with Gasteiger partial charge in [0.15, 0.2) is 5.37 Å². The summed E-state index contributed by atoms with van der Waals surface area (Å²) in [5.41, 5.74) is 0.924. The highest BCUT2D eigenvalue weighted by molar-refractivity contribution is 8.15. The Morgan fingerprint density at radius 3 is 2.89 bits per heavy atom. The monoisotopic (exact) mass is 402 g/mol. The summed E-state index contributed by atoms with van der Waals surface area (Å²) in [5.74, 6) is 0.494. The van der Waals surface area contributed by atoms with Crippen molar-refractivity contribution in [2.75, 3.05) is 0 Å².